The highest BCUT2D eigenvalue weighted by atomic mass is 16.7. The van der Waals surface area contributed by atoms with Gasteiger partial charge in [0, 0.05) is 32.1 Å². The number of amides is 2. The molecular weight excluding hydrogens is 452 g/mol. The van der Waals surface area contributed by atoms with Gasteiger partial charge in [0.25, 0.3) is 0 Å². The number of hydrogen-bond donors (Lipinski definition) is 0. The quantitative estimate of drug-likeness (QED) is 0.370. The number of ether oxygens (including phenoxy) is 2. The van der Waals surface area contributed by atoms with E-state index in [1.165, 1.54) is 19.3 Å². The van der Waals surface area contributed by atoms with Gasteiger partial charge in [0.05, 0.1) is 11.8 Å². The summed E-state index contributed by atoms with van der Waals surface area (Å²) in [6.07, 6.45) is 15.4. The lowest BCUT2D eigenvalue weighted by molar-refractivity contribution is -0.147. The first kappa shape index (κ1) is 25.2. The number of hydrogen-bond acceptors (Lipinski definition) is 4. The molecule has 3 heterocycles. The van der Waals surface area contributed by atoms with Gasteiger partial charge in [0.15, 0.2) is 11.5 Å². The highest BCUT2D eigenvalue weighted by molar-refractivity contribution is 5.90. The van der Waals surface area contributed by atoms with Crippen LogP contribution in [0.25, 0.3) is 0 Å². The van der Waals surface area contributed by atoms with Crippen LogP contribution in [-0.2, 0) is 9.59 Å². The Morgan fingerprint density at radius 3 is 2.19 bits per heavy atom. The average molecular weight is 495 g/mol. The van der Waals surface area contributed by atoms with Crippen LogP contribution >= 0.6 is 0 Å². The Balaban J connectivity index is 1.53. The van der Waals surface area contributed by atoms with E-state index in [-0.39, 0.29) is 36.4 Å². The van der Waals surface area contributed by atoms with Gasteiger partial charge in [0.1, 0.15) is 0 Å². The maximum atomic E-state index is 14.3. The van der Waals surface area contributed by atoms with Gasteiger partial charge < -0.3 is 19.3 Å². The minimum absolute atomic E-state index is 0.0467. The lowest BCUT2D eigenvalue weighted by Gasteiger charge is -2.43. The van der Waals surface area contributed by atoms with E-state index >= 15 is 0 Å². The summed E-state index contributed by atoms with van der Waals surface area (Å²) >= 11 is 0. The van der Waals surface area contributed by atoms with Gasteiger partial charge in [-0.3, -0.25) is 9.59 Å². The second kappa shape index (κ2) is 11.7. The maximum Gasteiger partial charge on any atom is 0.231 e. The number of rotatable bonds is 7. The number of carbonyl (C=O) groups is 2. The first-order chi connectivity index (χ1) is 17.7. The van der Waals surface area contributed by atoms with Gasteiger partial charge in [-0.2, -0.15) is 0 Å². The first-order valence-corrected chi connectivity index (χ1v) is 14.3. The Kier molecular flexibility index (Phi) is 8.18. The molecule has 0 bridgehead atoms. The van der Waals surface area contributed by atoms with Crippen LogP contribution in [0.15, 0.2) is 30.4 Å². The van der Waals surface area contributed by atoms with E-state index in [2.05, 4.69) is 31.2 Å². The fourth-order valence-electron chi connectivity index (χ4n) is 6.67. The lowest BCUT2D eigenvalue weighted by atomic mass is 9.65. The van der Waals surface area contributed by atoms with Gasteiger partial charge in [-0.1, -0.05) is 44.4 Å². The molecule has 4 aliphatic rings. The zero-order valence-electron chi connectivity index (χ0n) is 21.8. The van der Waals surface area contributed by atoms with Crippen molar-refractivity contribution in [3.8, 4) is 11.5 Å². The number of likely N-dealkylation sites (tertiary alicyclic amines) is 2. The number of fused-ring (bicyclic) bond motifs is 1. The van der Waals surface area contributed by atoms with E-state index in [0.29, 0.717) is 0 Å². The maximum absolute atomic E-state index is 14.3. The molecule has 0 radical (unpaired) electrons. The van der Waals surface area contributed by atoms with Crippen molar-refractivity contribution in [3.05, 3.63) is 35.9 Å². The summed E-state index contributed by atoms with van der Waals surface area (Å²) in [7, 11) is 0. The normalized spacial score (nSPS) is 27.8. The Bertz CT molecular complexity index is 948. The van der Waals surface area contributed by atoms with E-state index in [0.717, 1.165) is 88.2 Å². The van der Waals surface area contributed by atoms with Crippen LogP contribution in [0.3, 0.4) is 0 Å². The van der Waals surface area contributed by atoms with Crippen molar-refractivity contribution in [1.82, 2.24) is 9.80 Å². The molecule has 0 aromatic heterocycles. The molecule has 1 aliphatic carbocycles. The molecule has 6 heteroatoms. The molecule has 1 aromatic rings. The van der Waals surface area contributed by atoms with Gasteiger partial charge in [-0.05, 0) is 68.6 Å². The van der Waals surface area contributed by atoms with Crippen molar-refractivity contribution in [2.45, 2.75) is 77.0 Å². The van der Waals surface area contributed by atoms with Crippen molar-refractivity contribution in [2.24, 2.45) is 17.8 Å². The molecule has 5 rings (SSSR count). The Morgan fingerprint density at radius 2 is 1.50 bits per heavy atom. The fourth-order valence-corrected chi connectivity index (χ4v) is 6.67. The topological polar surface area (TPSA) is 59.1 Å². The molecule has 2 saturated heterocycles. The lowest BCUT2D eigenvalue weighted by Crippen LogP contribution is -2.51. The number of benzene rings is 1. The summed E-state index contributed by atoms with van der Waals surface area (Å²) in [5, 5.41) is 0. The van der Waals surface area contributed by atoms with Gasteiger partial charge in [-0.15, -0.1) is 0 Å². The molecule has 3 aliphatic heterocycles. The minimum atomic E-state index is -0.407. The highest BCUT2D eigenvalue weighted by Crippen LogP contribution is 2.47. The van der Waals surface area contributed by atoms with E-state index < -0.39 is 5.92 Å². The van der Waals surface area contributed by atoms with Crippen molar-refractivity contribution in [3.63, 3.8) is 0 Å². The predicted octanol–water partition coefficient (Wildman–Crippen LogP) is 5.52. The Labute approximate surface area is 216 Å². The molecule has 196 valence electrons. The molecule has 0 unspecified atom stereocenters. The molecule has 0 spiro atoms. The predicted molar refractivity (Wildman–Crippen MR) is 140 cm³/mol. The molecule has 0 saturated carbocycles. The number of unbranched alkanes of at least 4 members (excludes halogenated alkanes) is 2. The van der Waals surface area contributed by atoms with Crippen molar-refractivity contribution >= 4 is 11.8 Å². The fraction of sp³-hybridized carbons (Fsp3) is 0.667. The van der Waals surface area contributed by atoms with Crippen LogP contribution in [0.2, 0.25) is 0 Å². The number of carbonyl (C=O) groups excluding carboxylic acids is 2. The zero-order chi connectivity index (χ0) is 24.9. The summed E-state index contributed by atoms with van der Waals surface area (Å²) in [4.78, 5) is 32.3. The van der Waals surface area contributed by atoms with Crippen LogP contribution in [0.1, 0.15) is 82.6 Å². The van der Waals surface area contributed by atoms with Gasteiger partial charge in [0.2, 0.25) is 18.6 Å². The summed E-state index contributed by atoms with van der Waals surface area (Å²) in [5.41, 5.74) is 1.09. The molecule has 2 fully saturated rings. The van der Waals surface area contributed by atoms with Crippen LogP contribution < -0.4 is 9.47 Å². The zero-order valence-corrected chi connectivity index (χ0v) is 21.8. The summed E-state index contributed by atoms with van der Waals surface area (Å²) in [5.74, 6) is 1.20. The third-order valence-corrected chi connectivity index (χ3v) is 8.63. The van der Waals surface area contributed by atoms with Crippen molar-refractivity contribution < 1.29 is 19.1 Å². The molecule has 4 atom stereocenters. The molecule has 1 aromatic carbocycles. The summed E-state index contributed by atoms with van der Waals surface area (Å²) in [6, 6.07) is 6.14. The number of piperidine rings is 2. The molecular formula is C30H42N2O4. The largest absolute Gasteiger partial charge is 0.454 e. The summed E-state index contributed by atoms with van der Waals surface area (Å²) in [6.45, 7) is 5.68. The average Bonchev–Trinajstić information content (AvgIpc) is 3.41. The molecule has 6 nitrogen and oxygen atoms in total. The van der Waals surface area contributed by atoms with Gasteiger partial charge >= 0.3 is 0 Å². The van der Waals surface area contributed by atoms with Crippen LogP contribution in [0.5, 0.6) is 11.5 Å². The Hall–Kier alpha value is -2.50. The number of nitrogens with zero attached hydrogens (tertiary/aromatic N) is 2. The third kappa shape index (κ3) is 5.28. The van der Waals surface area contributed by atoms with Crippen molar-refractivity contribution in [1.29, 1.82) is 0 Å². The minimum Gasteiger partial charge on any atom is -0.454 e. The standard InChI is InChI=1S/C30H42N2O4/c1-2-3-6-11-22-12-14-24(29(33)31-16-7-4-8-17-31)28(30(34)32-18-9-5-10-19-32)27(22)23-13-15-25-26(20-23)36-21-35-25/h12-15,20,22,24,27-28H,2-11,16-19,21H2,1H3/t22-,24+,27+,28-/m1/s1. The molecule has 36 heavy (non-hydrogen) atoms. The first-order valence-electron chi connectivity index (χ1n) is 14.3. The smallest absolute Gasteiger partial charge is 0.231 e. The van der Waals surface area contributed by atoms with Crippen molar-refractivity contribution in [2.75, 3.05) is 33.0 Å². The second-order valence-electron chi connectivity index (χ2n) is 11.0. The second-order valence-corrected chi connectivity index (χ2v) is 11.0. The Morgan fingerprint density at radius 1 is 0.833 bits per heavy atom. The van der Waals surface area contributed by atoms with E-state index in [1.54, 1.807) is 0 Å². The summed E-state index contributed by atoms with van der Waals surface area (Å²) < 4.78 is 11.3. The van der Waals surface area contributed by atoms with Crippen LogP contribution in [-0.4, -0.2) is 54.6 Å². The van der Waals surface area contributed by atoms with E-state index in [4.69, 9.17) is 9.47 Å². The highest BCUT2D eigenvalue weighted by Gasteiger charge is 2.47. The SMILES string of the molecule is CCCCC[C@@H]1C=C[C@H](C(=O)N2CCCCC2)[C@@H](C(=O)N2CCCCC2)[C@@H]1c1ccc2c(c1)OCO2. The molecule has 2 amide bonds. The van der Waals surface area contributed by atoms with E-state index in [9.17, 15) is 9.59 Å². The molecule has 0 N–H and O–H groups in total. The van der Waals surface area contributed by atoms with Gasteiger partial charge in [-0.25, -0.2) is 0 Å². The van der Waals surface area contributed by atoms with Crippen LogP contribution in [0.4, 0.5) is 0 Å². The van der Waals surface area contributed by atoms with E-state index in [1.807, 2.05) is 15.9 Å². The monoisotopic (exact) mass is 494 g/mol. The third-order valence-electron chi connectivity index (χ3n) is 8.63. The van der Waals surface area contributed by atoms with Crippen LogP contribution in [0, 0.1) is 17.8 Å². The number of allylic oxidation sites excluding steroid dienone is 1.